The average Bonchev–Trinajstić information content (AvgIpc) is 2.66. The van der Waals surface area contributed by atoms with Crippen molar-refractivity contribution in [1.82, 2.24) is 58.8 Å². The maximum atomic E-state index is 2.47. The molecule has 0 aromatic carbocycles. The van der Waals surface area contributed by atoms with Gasteiger partial charge in [0, 0.05) is 0 Å². The van der Waals surface area contributed by atoms with Crippen molar-refractivity contribution in [3.63, 3.8) is 0 Å². The van der Waals surface area contributed by atoms with Gasteiger partial charge in [0.25, 0.3) is 0 Å². The first-order valence-electron chi connectivity index (χ1n) is 11.4. The summed E-state index contributed by atoms with van der Waals surface area (Å²) in [6.45, 7) is 21.4. The molecule has 30 heavy (non-hydrogen) atoms. The van der Waals surface area contributed by atoms with E-state index in [-0.39, 0.29) is 0 Å². The van der Waals surface area contributed by atoms with Crippen LogP contribution in [0.4, 0.5) is 0 Å². The predicted octanol–water partition coefficient (Wildman–Crippen LogP) is -3.06. The summed E-state index contributed by atoms with van der Waals surface area (Å²) < 4.78 is 0. The summed E-state index contributed by atoms with van der Waals surface area (Å²) in [7, 11) is 0. The zero-order chi connectivity index (χ0) is 19.7. The van der Waals surface area contributed by atoms with Gasteiger partial charge in [-0.15, -0.1) is 0 Å². The van der Waals surface area contributed by atoms with Gasteiger partial charge in [0.05, 0.1) is 120 Å². The normalized spacial score (nSPS) is 57.6. The summed E-state index contributed by atoms with van der Waals surface area (Å²) in [5.74, 6) is 0. The van der Waals surface area contributed by atoms with Crippen molar-refractivity contribution in [2.45, 2.75) is 0 Å². The van der Waals surface area contributed by atoms with E-state index in [2.05, 4.69) is 58.8 Å². The Hall–Kier alpha value is -0.480. The second-order valence-electron chi connectivity index (χ2n) is 10.6. The Labute approximate surface area is 179 Å². The molecule has 12 heteroatoms. The SMILES string of the molecule is C1N2CN3CN1CN(C2)C3.C1N2CN3CN1CN(C2)C3.C1N2CN3CN1CN(C2)C3. The molecular formula is C18H36N12. The molecule has 0 spiro atoms. The van der Waals surface area contributed by atoms with Crippen LogP contribution in [0, 0.1) is 0 Å². The summed E-state index contributed by atoms with van der Waals surface area (Å²) in [6.07, 6.45) is 0. The van der Waals surface area contributed by atoms with Crippen LogP contribution in [-0.4, -0.2) is 179 Å². The highest BCUT2D eigenvalue weighted by Crippen LogP contribution is 2.22. The maximum Gasteiger partial charge on any atom is 0.0555 e. The molecule has 0 aliphatic carbocycles. The van der Waals surface area contributed by atoms with Gasteiger partial charge in [-0.25, -0.2) is 0 Å². The second-order valence-corrected chi connectivity index (χ2v) is 10.6. The van der Waals surface area contributed by atoms with E-state index in [4.69, 9.17) is 0 Å². The Morgan fingerprint density at radius 2 is 0.200 bits per heavy atom. The lowest BCUT2D eigenvalue weighted by atomic mass is 10.4. The molecule has 12 bridgehead atoms. The van der Waals surface area contributed by atoms with Crippen LogP contribution < -0.4 is 0 Å². The summed E-state index contributed by atoms with van der Waals surface area (Å²) in [5.41, 5.74) is 0. The van der Waals surface area contributed by atoms with E-state index in [1.54, 1.807) is 0 Å². The van der Waals surface area contributed by atoms with Crippen LogP contribution in [-0.2, 0) is 0 Å². The minimum atomic E-state index is 1.19. The van der Waals surface area contributed by atoms with Crippen LogP contribution >= 0.6 is 0 Å². The molecule has 12 saturated heterocycles. The van der Waals surface area contributed by atoms with Crippen LogP contribution in [0.25, 0.3) is 0 Å². The molecule has 0 aromatic rings. The van der Waals surface area contributed by atoms with E-state index in [9.17, 15) is 0 Å². The Morgan fingerprint density at radius 1 is 0.133 bits per heavy atom. The maximum absolute atomic E-state index is 2.47. The first-order valence-corrected chi connectivity index (χ1v) is 11.4. The summed E-state index contributed by atoms with van der Waals surface area (Å²) in [6, 6.07) is 0. The van der Waals surface area contributed by atoms with E-state index in [1.165, 1.54) is 120 Å². The van der Waals surface area contributed by atoms with Crippen LogP contribution in [0.3, 0.4) is 0 Å². The van der Waals surface area contributed by atoms with Gasteiger partial charge in [-0.1, -0.05) is 0 Å². The number of hydrogen-bond acceptors (Lipinski definition) is 12. The van der Waals surface area contributed by atoms with Gasteiger partial charge in [-0.2, -0.15) is 0 Å². The molecule has 12 heterocycles. The van der Waals surface area contributed by atoms with E-state index >= 15 is 0 Å². The molecular weight excluding hydrogens is 384 g/mol. The Balaban J connectivity index is 0.0000000810. The Morgan fingerprint density at radius 3 is 0.267 bits per heavy atom. The van der Waals surface area contributed by atoms with Gasteiger partial charge in [-0.05, 0) is 0 Å². The number of nitrogens with zero attached hydrogens (tertiary/aromatic N) is 12. The minimum Gasteiger partial charge on any atom is -0.264 e. The molecule has 0 unspecified atom stereocenters. The van der Waals surface area contributed by atoms with E-state index in [0.717, 1.165) is 0 Å². The molecule has 12 fully saturated rings. The first-order chi connectivity index (χ1) is 14.7. The fourth-order valence-electron chi connectivity index (χ4n) is 6.70. The molecule has 0 radical (unpaired) electrons. The van der Waals surface area contributed by atoms with Crippen molar-refractivity contribution in [3.05, 3.63) is 0 Å². The van der Waals surface area contributed by atoms with Crippen molar-refractivity contribution < 1.29 is 0 Å². The first kappa shape index (κ1) is 19.0. The van der Waals surface area contributed by atoms with Gasteiger partial charge in [0.15, 0.2) is 0 Å². The van der Waals surface area contributed by atoms with E-state index in [1.807, 2.05) is 0 Å². The minimum absolute atomic E-state index is 1.19. The van der Waals surface area contributed by atoms with Gasteiger partial charge >= 0.3 is 0 Å². The molecule has 12 aliphatic heterocycles. The quantitative estimate of drug-likeness (QED) is 0.400. The van der Waals surface area contributed by atoms with Gasteiger partial charge < -0.3 is 0 Å². The zero-order valence-electron chi connectivity index (χ0n) is 18.1. The predicted molar refractivity (Wildman–Crippen MR) is 110 cm³/mol. The second kappa shape index (κ2) is 7.54. The third kappa shape index (κ3) is 3.78. The smallest absolute Gasteiger partial charge is 0.0555 e. The average molecular weight is 421 g/mol. The largest absolute Gasteiger partial charge is 0.264 e. The zero-order valence-corrected chi connectivity index (χ0v) is 18.1. The summed E-state index contributed by atoms with van der Waals surface area (Å²) in [4.78, 5) is 29.6. The molecule has 12 rings (SSSR count). The van der Waals surface area contributed by atoms with Crippen LogP contribution in [0.1, 0.15) is 0 Å². The van der Waals surface area contributed by atoms with Crippen LogP contribution in [0.2, 0.25) is 0 Å². The topological polar surface area (TPSA) is 38.9 Å². The van der Waals surface area contributed by atoms with Crippen molar-refractivity contribution in [2.24, 2.45) is 0 Å². The van der Waals surface area contributed by atoms with Crippen molar-refractivity contribution >= 4 is 0 Å². The molecule has 0 N–H and O–H groups in total. The van der Waals surface area contributed by atoms with Gasteiger partial charge in [0.2, 0.25) is 0 Å². The number of hydrogen-bond donors (Lipinski definition) is 0. The lowest BCUT2D eigenvalue weighted by Gasteiger charge is -2.56. The van der Waals surface area contributed by atoms with Crippen LogP contribution in [0.15, 0.2) is 0 Å². The standard InChI is InChI=1S/3C6H12N4/c3*1-7-2-9-4-8(1)5-10(3-7)6-9/h3*1-6H2. The summed E-state index contributed by atoms with van der Waals surface area (Å²) >= 11 is 0. The molecule has 12 aliphatic rings. The molecule has 0 saturated carbocycles. The molecule has 12 nitrogen and oxygen atoms in total. The fourth-order valence-corrected chi connectivity index (χ4v) is 6.70. The highest BCUT2D eigenvalue weighted by molar-refractivity contribution is 4.81. The lowest BCUT2D eigenvalue weighted by molar-refractivity contribution is -0.194. The van der Waals surface area contributed by atoms with E-state index < -0.39 is 0 Å². The molecule has 0 aromatic heterocycles. The lowest BCUT2D eigenvalue weighted by Crippen LogP contribution is -2.71. The van der Waals surface area contributed by atoms with Gasteiger partial charge in [-0.3, -0.25) is 58.8 Å². The highest BCUT2D eigenvalue weighted by Gasteiger charge is 2.38. The Kier molecular flexibility index (Phi) is 4.78. The molecule has 0 atom stereocenters. The van der Waals surface area contributed by atoms with Crippen molar-refractivity contribution in [3.8, 4) is 0 Å². The van der Waals surface area contributed by atoms with E-state index in [0.29, 0.717) is 0 Å². The fraction of sp³-hybridized carbons (Fsp3) is 1.00. The van der Waals surface area contributed by atoms with Gasteiger partial charge in [0.1, 0.15) is 0 Å². The van der Waals surface area contributed by atoms with Crippen LogP contribution in [0.5, 0.6) is 0 Å². The summed E-state index contributed by atoms with van der Waals surface area (Å²) in [5, 5.41) is 0. The monoisotopic (exact) mass is 420 g/mol. The highest BCUT2D eigenvalue weighted by atomic mass is 15.7. The van der Waals surface area contributed by atoms with Crippen molar-refractivity contribution in [2.75, 3.05) is 120 Å². The molecule has 168 valence electrons. The van der Waals surface area contributed by atoms with Crippen molar-refractivity contribution in [1.29, 1.82) is 0 Å². The third-order valence-electron chi connectivity index (χ3n) is 7.20. The molecule has 0 amide bonds. The third-order valence-corrected chi connectivity index (χ3v) is 7.20. The number of rotatable bonds is 0. The Bertz CT molecular complexity index is 389.